The van der Waals surface area contributed by atoms with Crippen molar-refractivity contribution in [2.45, 2.75) is 13.3 Å². The van der Waals surface area contributed by atoms with Crippen LogP contribution in [0.25, 0.3) is 0 Å². The average Bonchev–Trinajstić information content (AvgIpc) is 2.83. The molecule has 0 radical (unpaired) electrons. The summed E-state index contributed by atoms with van der Waals surface area (Å²) in [6.45, 7) is 2.41. The number of nitrogens with zero attached hydrogens (tertiary/aromatic N) is 2. The van der Waals surface area contributed by atoms with Crippen molar-refractivity contribution in [3.8, 4) is 0 Å². The van der Waals surface area contributed by atoms with Gasteiger partial charge in [0.15, 0.2) is 0 Å². The number of aromatic nitrogens is 2. The van der Waals surface area contributed by atoms with E-state index in [4.69, 9.17) is 0 Å². The van der Waals surface area contributed by atoms with Crippen molar-refractivity contribution >= 4 is 12.1 Å². The Bertz CT molecular complexity index is 488. The fourth-order valence-electron chi connectivity index (χ4n) is 1.77. The first-order valence-electron chi connectivity index (χ1n) is 5.91. The highest BCUT2D eigenvalue weighted by molar-refractivity contribution is 5.92. The largest absolute Gasteiger partial charge is 0.373 e. The van der Waals surface area contributed by atoms with Crippen LogP contribution in [-0.4, -0.2) is 35.7 Å². The molecular formula is C12H17N5O. The minimum absolute atomic E-state index is 0.127. The van der Waals surface area contributed by atoms with Gasteiger partial charge < -0.3 is 15.6 Å². The van der Waals surface area contributed by atoms with Gasteiger partial charge in [0.1, 0.15) is 17.3 Å². The lowest BCUT2D eigenvalue weighted by molar-refractivity contribution is 0.0945. The molecule has 1 aromatic rings. The topological polar surface area (TPSA) is 82.2 Å². The van der Waals surface area contributed by atoms with E-state index in [1.54, 1.807) is 6.20 Å². The zero-order valence-corrected chi connectivity index (χ0v) is 10.5. The molecule has 3 N–H and O–H groups in total. The van der Waals surface area contributed by atoms with Gasteiger partial charge in [-0.05, 0) is 19.4 Å². The van der Waals surface area contributed by atoms with Crippen molar-refractivity contribution in [1.82, 2.24) is 20.6 Å². The van der Waals surface area contributed by atoms with Crippen molar-refractivity contribution in [3.05, 3.63) is 29.6 Å². The quantitative estimate of drug-likeness (QED) is 0.728. The van der Waals surface area contributed by atoms with Crippen LogP contribution < -0.4 is 10.6 Å². The fourth-order valence-corrected chi connectivity index (χ4v) is 1.77. The monoisotopic (exact) mass is 247 g/mol. The van der Waals surface area contributed by atoms with Crippen molar-refractivity contribution in [3.63, 3.8) is 0 Å². The first-order valence-corrected chi connectivity index (χ1v) is 5.91. The normalized spacial score (nSPS) is 18.3. The SMILES string of the molecule is CNC1=CC(CNC(=O)c2cnc(C)[nH]2)CC=N1. The Labute approximate surface area is 106 Å². The van der Waals surface area contributed by atoms with Crippen LogP contribution in [0.5, 0.6) is 0 Å². The Morgan fingerprint density at radius 3 is 3.11 bits per heavy atom. The Balaban J connectivity index is 1.87. The molecule has 1 aliphatic rings. The third kappa shape index (κ3) is 2.97. The molecule has 1 aromatic heterocycles. The molecule has 18 heavy (non-hydrogen) atoms. The second kappa shape index (κ2) is 5.48. The number of hydrogen-bond acceptors (Lipinski definition) is 4. The number of hydrogen-bond donors (Lipinski definition) is 3. The number of carbonyl (C=O) groups is 1. The molecule has 6 heteroatoms. The summed E-state index contributed by atoms with van der Waals surface area (Å²) in [6.07, 6.45) is 6.27. The Morgan fingerprint density at radius 1 is 1.61 bits per heavy atom. The van der Waals surface area contributed by atoms with Crippen LogP contribution in [0.2, 0.25) is 0 Å². The zero-order valence-electron chi connectivity index (χ0n) is 10.5. The molecule has 0 saturated heterocycles. The van der Waals surface area contributed by atoms with Gasteiger partial charge in [0.25, 0.3) is 5.91 Å². The summed E-state index contributed by atoms with van der Waals surface area (Å²) in [5.74, 6) is 1.73. The Hall–Kier alpha value is -2.11. The molecule has 0 bridgehead atoms. The number of carbonyl (C=O) groups excluding carboxylic acids is 1. The highest BCUT2D eigenvalue weighted by Gasteiger charge is 2.13. The highest BCUT2D eigenvalue weighted by Crippen LogP contribution is 2.11. The van der Waals surface area contributed by atoms with E-state index in [0.717, 1.165) is 18.1 Å². The van der Waals surface area contributed by atoms with Crippen LogP contribution in [0.1, 0.15) is 22.7 Å². The molecule has 2 rings (SSSR count). The summed E-state index contributed by atoms with van der Waals surface area (Å²) >= 11 is 0. The number of imidazole rings is 1. The molecule has 0 aromatic carbocycles. The number of rotatable bonds is 4. The number of nitrogens with one attached hydrogen (secondary N) is 3. The molecule has 0 aliphatic carbocycles. The van der Waals surface area contributed by atoms with Crippen molar-refractivity contribution in [1.29, 1.82) is 0 Å². The van der Waals surface area contributed by atoms with Gasteiger partial charge in [0.2, 0.25) is 0 Å². The number of aliphatic imine (C=N–C) groups is 1. The van der Waals surface area contributed by atoms with Gasteiger partial charge in [-0.25, -0.2) is 9.98 Å². The van der Waals surface area contributed by atoms with Gasteiger partial charge in [0.05, 0.1) is 6.20 Å². The van der Waals surface area contributed by atoms with E-state index in [1.807, 2.05) is 26.3 Å². The van der Waals surface area contributed by atoms with Crippen LogP contribution in [0, 0.1) is 12.8 Å². The molecule has 1 amide bonds. The van der Waals surface area contributed by atoms with E-state index in [2.05, 4.69) is 25.6 Å². The molecule has 1 unspecified atom stereocenters. The van der Waals surface area contributed by atoms with Crippen LogP contribution in [0.4, 0.5) is 0 Å². The molecule has 2 heterocycles. The van der Waals surface area contributed by atoms with Crippen LogP contribution in [0.3, 0.4) is 0 Å². The van der Waals surface area contributed by atoms with Gasteiger partial charge in [-0.3, -0.25) is 4.79 Å². The smallest absolute Gasteiger partial charge is 0.269 e. The Morgan fingerprint density at radius 2 is 2.44 bits per heavy atom. The summed E-state index contributed by atoms with van der Waals surface area (Å²) in [6, 6.07) is 0. The van der Waals surface area contributed by atoms with Crippen LogP contribution in [0.15, 0.2) is 23.1 Å². The predicted molar refractivity (Wildman–Crippen MR) is 69.4 cm³/mol. The molecule has 96 valence electrons. The standard InChI is InChI=1S/C12H17N5O/c1-8-15-7-10(17-8)12(18)16-6-9-3-4-14-11(5-9)13-2/h4-5,7,9,13H,3,6H2,1-2H3,(H,15,17)(H,16,18). The lowest BCUT2D eigenvalue weighted by Gasteiger charge is -2.16. The molecule has 1 aliphatic heterocycles. The number of amides is 1. The first-order chi connectivity index (χ1) is 8.69. The summed E-state index contributed by atoms with van der Waals surface area (Å²) in [4.78, 5) is 22.9. The van der Waals surface area contributed by atoms with E-state index in [0.29, 0.717) is 12.2 Å². The second-order valence-electron chi connectivity index (χ2n) is 4.20. The van der Waals surface area contributed by atoms with Gasteiger partial charge in [-0.2, -0.15) is 0 Å². The molecule has 0 spiro atoms. The molecule has 0 saturated carbocycles. The van der Waals surface area contributed by atoms with Crippen molar-refractivity contribution in [2.24, 2.45) is 10.9 Å². The molecule has 6 nitrogen and oxygen atoms in total. The van der Waals surface area contributed by atoms with E-state index in [-0.39, 0.29) is 11.8 Å². The number of aromatic amines is 1. The molecule has 0 fully saturated rings. The minimum atomic E-state index is -0.127. The maximum atomic E-state index is 11.8. The highest BCUT2D eigenvalue weighted by atomic mass is 16.1. The summed E-state index contributed by atoms with van der Waals surface area (Å²) in [5, 5.41) is 5.87. The average molecular weight is 247 g/mol. The van der Waals surface area contributed by atoms with Crippen molar-refractivity contribution in [2.75, 3.05) is 13.6 Å². The van der Waals surface area contributed by atoms with E-state index in [9.17, 15) is 4.79 Å². The molecule has 1 atom stereocenters. The fraction of sp³-hybridized carbons (Fsp3) is 0.417. The zero-order chi connectivity index (χ0) is 13.0. The van der Waals surface area contributed by atoms with Crippen LogP contribution in [-0.2, 0) is 0 Å². The third-order valence-corrected chi connectivity index (χ3v) is 2.76. The maximum absolute atomic E-state index is 11.8. The second-order valence-corrected chi connectivity index (χ2v) is 4.20. The van der Waals surface area contributed by atoms with Crippen molar-refractivity contribution < 1.29 is 4.79 Å². The predicted octanol–water partition coefficient (Wildman–Crippen LogP) is 0.599. The van der Waals surface area contributed by atoms with E-state index in [1.165, 1.54) is 0 Å². The Kier molecular flexibility index (Phi) is 3.76. The third-order valence-electron chi connectivity index (χ3n) is 2.76. The van der Waals surface area contributed by atoms with Gasteiger partial charge >= 0.3 is 0 Å². The van der Waals surface area contributed by atoms with Crippen LogP contribution >= 0.6 is 0 Å². The number of aryl methyl sites for hydroxylation is 1. The lowest BCUT2D eigenvalue weighted by atomic mass is 10.0. The van der Waals surface area contributed by atoms with E-state index >= 15 is 0 Å². The van der Waals surface area contributed by atoms with E-state index < -0.39 is 0 Å². The van der Waals surface area contributed by atoms with Gasteiger partial charge in [0, 0.05) is 25.7 Å². The number of H-pyrrole nitrogens is 1. The summed E-state index contributed by atoms with van der Waals surface area (Å²) < 4.78 is 0. The minimum Gasteiger partial charge on any atom is -0.373 e. The summed E-state index contributed by atoms with van der Waals surface area (Å²) in [7, 11) is 1.83. The first kappa shape index (κ1) is 12.3. The van der Waals surface area contributed by atoms with Gasteiger partial charge in [-0.15, -0.1) is 0 Å². The maximum Gasteiger partial charge on any atom is 0.269 e. The molecular weight excluding hydrogens is 230 g/mol. The lowest BCUT2D eigenvalue weighted by Crippen LogP contribution is -2.30. The summed E-state index contributed by atoms with van der Waals surface area (Å²) in [5.41, 5.74) is 0.495. The van der Waals surface area contributed by atoms with Gasteiger partial charge in [-0.1, -0.05) is 0 Å².